The monoisotopic (exact) mass is 356 g/mol. The van der Waals surface area contributed by atoms with Gasteiger partial charge in [-0.1, -0.05) is 19.3 Å². The van der Waals surface area contributed by atoms with Crippen molar-refractivity contribution < 1.29 is 14.3 Å². The molecule has 0 spiro atoms. The molecule has 1 aromatic heterocycles. The van der Waals surface area contributed by atoms with E-state index in [0.717, 1.165) is 43.1 Å². The number of aryl methyl sites for hydroxylation is 1. The van der Waals surface area contributed by atoms with E-state index in [0.29, 0.717) is 24.4 Å². The molecule has 2 rings (SSSR count). The largest absolute Gasteiger partial charge is 0.469 e. The number of anilines is 1. The highest BCUT2D eigenvalue weighted by Crippen LogP contribution is 2.20. The Labute approximate surface area is 153 Å². The van der Waals surface area contributed by atoms with E-state index in [-0.39, 0.29) is 11.9 Å². The number of nitrogens with one attached hydrogen (secondary N) is 1. The summed E-state index contributed by atoms with van der Waals surface area (Å²) in [5.74, 6) is 0.241. The van der Waals surface area contributed by atoms with Gasteiger partial charge in [0.15, 0.2) is 0 Å². The molecule has 0 saturated heterocycles. The van der Waals surface area contributed by atoms with Crippen LogP contribution in [0.4, 0.5) is 5.95 Å². The molecule has 1 aromatic carbocycles. The van der Waals surface area contributed by atoms with Crippen LogP contribution in [0.1, 0.15) is 50.5 Å². The van der Waals surface area contributed by atoms with Crippen LogP contribution in [0.25, 0.3) is 11.0 Å². The lowest BCUT2D eigenvalue weighted by atomic mass is 10.1. The number of unbranched alkanes of at least 4 members (excludes halogenated alkanes) is 4. The van der Waals surface area contributed by atoms with E-state index >= 15 is 0 Å². The fourth-order valence-electron chi connectivity index (χ4n) is 2.75. The molecule has 0 fully saturated rings. The first-order chi connectivity index (χ1) is 12.5. The summed E-state index contributed by atoms with van der Waals surface area (Å²) in [6.07, 6.45) is 5.41. The number of nitrogens with zero attached hydrogens (tertiary/aromatic N) is 3. The fraction of sp³-hybridized carbons (Fsp3) is 0.474. The molecule has 1 amide bonds. The van der Waals surface area contributed by atoms with Gasteiger partial charge in [-0.05, 0) is 31.0 Å². The minimum absolute atomic E-state index is 0.0709. The first kappa shape index (κ1) is 19.4. The van der Waals surface area contributed by atoms with E-state index in [9.17, 15) is 9.59 Å². The molecule has 7 nitrogen and oxygen atoms in total. The number of imidazole rings is 1. The molecule has 0 atom stereocenters. The highest BCUT2D eigenvalue weighted by atomic mass is 16.5. The summed E-state index contributed by atoms with van der Waals surface area (Å²) in [5.41, 5.74) is 2.11. The first-order valence-electron chi connectivity index (χ1n) is 8.78. The number of aromatic nitrogens is 2. The summed E-state index contributed by atoms with van der Waals surface area (Å²) >= 11 is 0. The van der Waals surface area contributed by atoms with Crippen molar-refractivity contribution in [2.45, 2.75) is 44.9 Å². The summed E-state index contributed by atoms with van der Waals surface area (Å²) < 4.78 is 6.37. The maximum atomic E-state index is 12.1. The van der Waals surface area contributed by atoms with Gasteiger partial charge in [-0.3, -0.25) is 14.9 Å². The topological polar surface area (TPSA) is 97.0 Å². The molecule has 0 radical (unpaired) electrons. The van der Waals surface area contributed by atoms with Crippen molar-refractivity contribution in [3.63, 3.8) is 0 Å². The number of methoxy groups -OCH3 is 1. The van der Waals surface area contributed by atoms with Gasteiger partial charge in [0.1, 0.15) is 0 Å². The van der Waals surface area contributed by atoms with E-state index < -0.39 is 0 Å². The lowest BCUT2D eigenvalue weighted by molar-refractivity contribution is -0.140. The normalized spacial score (nSPS) is 10.5. The third-order valence-corrected chi connectivity index (χ3v) is 4.27. The lowest BCUT2D eigenvalue weighted by Crippen LogP contribution is -2.14. The van der Waals surface area contributed by atoms with Crippen LogP contribution in [0.2, 0.25) is 0 Å². The summed E-state index contributed by atoms with van der Waals surface area (Å²) in [7, 11) is 3.21. The third-order valence-electron chi connectivity index (χ3n) is 4.27. The molecular weight excluding hydrogens is 332 g/mol. The molecule has 1 heterocycles. The van der Waals surface area contributed by atoms with Crippen LogP contribution in [0.15, 0.2) is 18.2 Å². The zero-order valence-corrected chi connectivity index (χ0v) is 15.2. The number of nitriles is 1. The summed E-state index contributed by atoms with van der Waals surface area (Å²) in [4.78, 5) is 27.5. The van der Waals surface area contributed by atoms with E-state index in [4.69, 9.17) is 5.26 Å². The number of benzene rings is 1. The number of fused-ring (bicyclic) bond motifs is 1. The van der Waals surface area contributed by atoms with Gasteiger partial charge in [0.25, 0.3) is 0 Å². The van der Waals surface area contributed by atoms with Crippen molar-refractivity contribution in [1.82, 2.24) is 9.55 Å². The molecule has 26 heavy (non-hydrogen) atoms. The van der Waals surface area contributed by atoms with Gasteiger partial charge < -0.3 is 9.30 Å². The van der Waals surface area contributed by atoms with E-state index in [1.807, 2.05) is 7.05 Å². The number of amides is 1. The molecule has 0 aliphatic carbocycles. The number of hydrogen-bond donors (Lipinski definition) is 1. The van der Waals surface area contributed by atoms with Gasteiger partial charge >= 0.3 is 5.97 Å². The number of rotatable bonds is 9. The Morgan fingerprint density at radius 3 is 2.58 bits per heavy atom. The Bertz CT molecular complexity index is 820. The summed E-state index contributed by atoms with van der Waals surface area (Å²) in [6.45, 7) is 0. The van der Waals surface area contributed by atoms with Crippen LogP contribution >= 0.6 is 0 Å². The van der Waals surface area contributed by atoms with Crippen molar-refractivity contribution in [2.75, 3.05) is 12.4 Å². The second kappa shape index (κ2) is 9.56. The second-order valence-electron chi connectivity index (χ2n) is 6.20. The molecule has 1 N–H and O–H groups in total. The first-order valence-corrected chi connectivity index (χ1v) is 8.78. The van der Waals surface area contributed by atoms with Gasteiger partial charge in [-0.25, -0.2) is 4.98 Å². The van der Waals surface area contributed by atoms with Crippen LogP contribution in [0, 0.1) is 11.3 Å². The molecule has 138 valence electrons. The SMILES string of the molecule is COC(=O)CCCCCCCC(=O)Nc1nc2ccc(C#N)cc2n1C. The fourth-order valence-corrected chi connectivity index (χ4v) is 2.75. The van der Waals surface area contributed by atoms with E-state index in [1.165, 1.54) is 7.11 Å². The standard InChI is InChI=1S/C19H24N4O3/c1-23-16-12-14(13-20)10-11-15(16)21-19(23)22-17(24)8-6-4-3-5-7-9-18(25)26-2/h10-12H,3-9H2,1-2H3,(H,21,22,24). The number of carbonyl (C=O) groups is 2. The van der Waals surface area contributed by atoms with Crippen LogP contribution in [0.5, 0.6) is 0 Å². The molecular formula is C19H24N4O3. The smallest absolute Gasteiger partial charge is 0.305 e. The molecule has 0 aliphatic rings. The Kier molecular flexibility index (Phi) is 7.15. The summed E-state index contributed by atoms with van der Waals surface area (Å²) in [5, 5.41) is 11.8. The molecule has 0 bridgehead atoms. The van der Waals surface area contributed by atoms with Gasteiger partial charge in [-0.2, -0.15) is 5.26 Å². The van der Waals surface area contributed by atoms with E-state index in [2.05, 4.69) is 21.1 Å². The number of hydrogen-bond acceptors (Lipinski definition) is 5. The Balaban J connectivity index is 1.74. The second-order valence-corrected chi connectivity index (χ2v) is 6.20. The predicted molar refractivity (Wildman–Crippen MR) is 98.4 cm³/mol. The van der Waals surface area contributed by atoms with Crippen LogP contribution in [0.3, 0.4) is 0 Å². The minimum atomic E-state index is -0.172. The predicted octanol–water partition coefficient (Wildman–Crippen LogP) is 3.29. The highest BCUT2D eigenvalue weighted by Gasteiger charge is 2.11. The Morgan fingerprint density at radius 1 is 1.19 bits per heavy atom. The quantitative estimate of drug-likeness (QED) is 0.549. The van der Waals surface area contributed by atoms with Crippen molar-refractivity contribution in [3.8, 4) is 6.07 Å². The van der Waals surface area contributed by atoms with Gasteiger partial charge in [0.05, 0.1) is 29.8 Å². The number of ether oxygens (including phenoxy) is 1. The third kappa shape index (κ3) is 5.31. The zero-order valence-electron chi connectivity index (χ0n) is 15.2. The van der Waals surface area contributed by atoms with Gasteiger partial charge in [-0.15, -0.1) is 0 Å². The number of esters is 1. The van der Waals surface area contributed by atoms with Crippen molar-refractivity contribution >= 4 is 28.9 Å². The van der Waals surface area contributed by atoms with Crippen molar-refractivity contribution in [2.24, 2.45) is 7.05 Å². The molecule has 0 aliphatic heterocycles. The average molecular weight is 356 g/mol. The van der Waals surface area contributed by atoms with Gasteiger partial charge in [0.2, 0.25) is 11.9 Å². The van der Waals surface area contributed by atoms with Crippen LogP contribution < -0.4 is 5.32 Å². The average Bonchev–Trinajstić information content (AvgIpc) is 2.95. The minimum Gasteiger partial charge on any atom is -0.469 e. The number of carbonyl (C=O) groups excluding carboxylic acids is 2. The summed E-state index contributed by atoms with van der Waals surface area (Å²) in [6, 6.07) is 7.34. The van der Waals surface area contributed by atoms with Crippen molar-refractivity contribution in [1.29, 1.82) is 5.26 Å². The van der Waals surface area contributed by atoms with Crippen LogP contribution in [-0.4, -0.2) is 28.5 Å². The lowest BCUT2D eigenvalue weighted by Gasteiger charge is -2.05. The Morgan fingerprint density at radius 2 is 1.88 bits per heavy atom. The maximum absolute atomic E-state index is 12.1. The van der Waals surface area contributed by atoms with Gasteiger partial charge in [0, 0.05) is 19.9 Å². The molecule has 2 aromatic rings. The van der Waals surface area contributed by atoms with Crippen LogP contribution in [-0.2, 0) is 21.4 Å². The highest BCUT2D eigenvalue weighted by molar-refractivity contribution is 5.91. The van der Waals surface area contributed by atoms with E-state index in [1.54, 1.807) is 22.8 Å². The molecule has 0 unspecified atom stereocenters. The maximum Gasteiger partial charge on any atom is 0.305 e. The zero-order chi connectivity index (χ0) is 18.9. The Hall–Kier alpha value is -2.88. The molecule has 0 saturated carbocycles. The van der Waals surface area contributed by atoms with Crippen molar-refractivity contribution in [3.05, 3.63) is 23.8 Å². The molecule has 7 heteroatoms.